The van der Waals surface area contributed by atoms with Crippen molar-refractivity contribution in [2.24, 2.45) is 0 Å². The summed E-state index contributed by atoms with van der Waals surface area (Å²) in [5.41, 5.74) is 1.52. The summed E-state index contributed by atoms with van der Waals surface area (Å²) >= 11 is 1.25. The lowest BCUT2D eigenvalue weighted by Crippen LogP contribution is -2.28. The Labute approximate surface area is 119 Å². The zero-order valence-corrected chi connectivity index (χ0v) is 12.3. The Balaban J connectivity index is 2.02. The molecule has 106 valence electrons. The summed E-state index contributed by atoms with van der Waals surface area (Å²) in [5, 5.41) is 6.62. The lowest BCUT2D eigenvalue weighted by molar-refractivity contribution is -0.120. The van der Waals surface area contributed by atoms with Gasteiger partial charge in [-0.3, -0.25) is 9.59 Å². The van der Waals surface area contributed by atoms with Gasteiger partial charge in [-0.15, -0.1) is 5.10 Å². The smallest absolute Gasteiger partial charge is 0.254 e. The fourth-order valence-electron chi connectivity index (χ4n) is 1.77. The number of aromatic nitrogens is 4. The van der Waals surface area contributed by atoms with E-state index in [0.717, 1.165) is 10.6 Å². The Morgan fingerprint density at radius 3 is 2.65 bits per heavy atom. The molecule has 0 aliphatic carbocycles. The minimum absolute atomic E-state index is 0.0136. The molecule has 0 aliphatic heterocycles. The maximum atomic E-state index is 11.9. The molecule has 0 saturated carbocycles. The average Bonchev–Trinajstić information content (AvgIpc) is 2.77. The van der Waals surface area contributed by atoms with Crippen LogP contribution in [0.4, 0.5) is 0 Å². The van der Waals surface area contributed by atoms with Gasteiger partial charge in [0.25, 0.3) is 5.56 Å². The van der Waals surface area contributed by atoms with Crippen molar-refractivity contribution in [3.63, 3.8) is 0 Å². The highest BCUT2D eigenvalue weighted by atomic mass is 32.1. The molecular weight excluding hydrogens is 278 g/mol. The van der Waals surface area contributed by atoms with Gasteiger partial charge in [0.05, 0.1) is 23.5 Å². The van der Waals surface area contributed by atoms with Gasteiger partial charge in [-0.1, -0.05) is 4.49 Å². The van der Waals surface area contributed by atoms with Crippen LogP contribution >= 0.6 is 11.5 Å². The zero-order valence-electron chi connectivity index (χ0n) is 11.5. The first kappa shape index (κ1) is 14.3. The molecule has 0 bridgehead atoms. The van der Waals surface area contributed by atoms with E-state index in [9.17, 15) is 9.59 Å². The Hall–Kier alpha value is -2.09. The van der Waals surface area contributed by atoms with Crippen LogP contribution in [0.1, 0.15) is 27.7 Å². The summed E-state index contributed by atoms with van der Waals surface area (Å²) in [5.74, 6) is 0.320. The maximum Gasteiger partial charge on any atom is 0.254 e. The Bertz CT molecular complexity index is 691. The summed E-state index contributed by atoms with van der Waals surface area (Å²) in [4.78, 5) is 31.3. The number of carbonyl (C=O) groups is 1. The number of amides is 1. The van der Waals surface area contributed by atoms with Crippen LogP contribution in [0.3, 0.4) is 0 Å². The lowest BCUT2D eigenvalue weighted by atomic mass is 10.1. The second kappa shape index (κ2) is 5.91. The number of rotatable bonds is 4. The second-order valence-corrected chi connectivity index (χ2v) is 5.29. The molecule has 2 aromatic heterocycles. The molecule has 0 atom stereocenters. The monoisotopic (exact) mass is 293 g/mol. The third-order valence-corrected chi connectivity index (χ3v) is 3.69. The predicted octanol–water partition coefficient (Wildman–Crippen LogP) is 0.406. The molecule has 1 amide bonds. The standard InChI is InChI=1S/C12H15N5O2S/c1-6-9(12(19)15-8(3)14-6)4-11(18)13-5-10-7(2)16-17-20-10/h4-5H2,1-3H3,(H,13,18)(H,14,15,19). The van der Waals surface area contributed by atoms with Crippen LogP contribution in [-0.2, 0) is 17.8 Å². The number of aromatic amines is 1. The van der Waals surface area contributed by atoms with Crippen molar-refractivity contribution in [2.45, 2.75) is 33.7 Å². The van der Waals surface area contributed by atoms with E-state index in [1.807, 2.05) is 6.92 Å². The number of hydrogen-bond acceptors (Lipinski definition) is 6. The molecule has 0 spiro atoms. The summed E-state index contributed by atoms with van der Waals surface area (Å²) < 4.78 is 3.80. The topological polar surface area (TPSA) is 101 Å². The van der Waals surface area contributed by atoms with Crippen molar-refractivity contribution < 1.29 is 4.79 Å². The molecule has 20 heavy (non-hydrogen) atoms. The molecule has 2 N–H and O–H groups in total. The van der Waals surface area contributed by atoms with Crippen LogP contribution < -0.4 is 10.9 Å². The molecular formula is C12H15N5O2S. The molecule has 8 heteroatoms. The average molecular weight is 293 g/mol. The van der Waals surface area contributed by atoms with E-state index < -0.39 is 0 Å². The first-order chi connectivity index (χ1) is 9.47. The number of H-pyrrole nitrogens is 1. The minimum Gasteiger partial charge on any atom is -0.351 e. The van der Waals surface area contributed by atoms with Crippen LogP contribution in [0.15, 0.2) is 4.79 Å². The Kier molecular flexibility index (Phi) is 4.23. The minimum atomic E-state index is -0.263. The van der Waals surface area contributed by atoms with E-state index in [4.69, 9.17) is 0 Å². The van der Waals surface area contributed by atoms with Gasteiger partial charge in [-0.05, 0) is 32.3 Å². The van der Waals surface area contributed by atoms with E-state index in [-0.39, 0.29) is 17.9 Å². The number of carbonyl (C=O) groups excluding carboxylic acids is 1. The molecule has 0 radical (unpaired) electrons. The summed E-state index contributed by atoms with van der Waals surface area (Å²) in [6.07, 6.45) is 0.0136. The highest BCUT2D eigenvalue weighted by molar-refractivity contribution is 7.05. The van der Waals surface area contributed by atoms with E-state index in [2.05, 4.69) is 24.9 Å². The molecule has 2 heterocycles. The SMILES string of the molecule is Cc1nc(C)c(CC(=O)NCc2snnc2C)c(=O)[nH]1. The fourth-order valence-corrected chi connectivity index (χ4v) is 2.35. The van der Waals surface area contributed by atoms with Gasteiger partial charge in [-0.25, -0.2) is 4.98 Å². The first-order valence-electron chi connectivity index (χ1n) is 6.08. The largest absolute Gasteiger partial charge is 0.351 e. The van der Waals surface area contributed by atoms with Crippen LogP contribution in [-0.4, -0.2) is 25.5 Å². The molecule has 0 aliphatic rings. The molecule has 2 aromatic rings. The van der Waals surface area contributed by atoms with Gasteiger partial charge in [0.15, 0.2) is 0 Å². The molecule has 2 rings (SSSR count). The summed E-state index contributed by atoms with van der Waals surface area (Å²) in [7, 11) is 0. The quantitative estimate of drug-likeness (QED) is 0.850. The number of hydrogen-bond donors (Lipinski definition) is 2. The van der Waals surface area contributed by atoms with Gasteiger partial charge in [0.1, 0.15) is 5.82 Å². The van der Waals surface area contributed by atoms with Gasteiger partial charge in [0.2, 0.25) is 5.91 Å². The highest BCUT2D eigenvalue weighted by Gasteiger charge is 2.12. The normalized spacial score (nSPS) is 10.6. The Morgan fingerprint density at radius 1 is 1.30 bits per heavy atom. The van der Waals surface area contributed by atoms with E-state index in [1.165, 1.54) is 11.5 Å². The van der Waals surface area contributed by atoms with E-state index in [1.54, 1.807) is 13.8 Å². The van der Waals surface area contributed by atoms with Crippen molar-refractivity contribution in [3.05, 3.63) is 38.0 Å². The van der Waals surface area contributed by atoms with E-state index in [0.29, 0.717) is 23.6 Å². The highest BCUT2D eigenvalue weighted by Crippen LogP contribution is 2.08. The van der Waals surface area contributed by atoms with Gasteiger partial charge in [0, 0.05) is 11.3 Å². The molecule has 0 saturated heterocycles. The molecule has 0 aromatic carbocycles. The van der Waals surface area contributed by atoms with Crippen molar-refractivity contribution in [1.82, 2.24) is 24.9 Å². The van der Waals surface area contributed by atoms with Crippen LogP contribution in [0.2, 0.25) is 0 Å². The van der Waals surface area contributed by atoms with Gasteiger partial charge in [-0.2, -0.15) is 0 Å². The van der Waals surface area contributed by atoms with Crippen LogP contribution in [0, 0.1) is 20.8 Å². The van der Waals surface area contributed by atoms with Gasteiger partial charge >= 0.3 is 0 Å². The van der Waals surface area contributed by atoms with Crippen LogP contribution in [0.25, 0.3) is 0 Å². The molecule has 7 nitrogen and oxygen atoms in total. The van der Waals surface area contributed by atoms with Crippen molar-refractivity contribution in [1.29, 1.82) is 0 Å². The molecule has 0 unspecified atom stereocenters. The van der Waals surface area contributed by atoms with Crippen molar-refractivity contribution >= 4 is 17.4 Å². The Morgan fingerprint density at radius 2 is 2.05 bits per heavy atom. The van der Waals surface area contributed by atoms with Crippen molar-refractivity contribution in [3.8, 4) is 0 Å². The van der Waals surface area contributed by atoms with E-state index >= 15 is 0 Å². The first-order valence-corrected chi connectivity index (χ1v) is 6.85. The van der Waals surface area contributed by atoms with Crippen LogP contribution in [0.5, 0.6) is 0 Å². The fraction of sp³-hybridized carbons (Fsp3) is 0.417. The number of nitrogens with one attached hydrogen (secondary N) is 2. The lowest BCUT2D eigenvalue weighted by Gasteiger charge is -2.06. The summed E-state index contributed by atoms with van der Waals surface area (Å²) in [6.45, 7) is 5.64. The van der Waals surface area contributed by atoms with Gasteiger partial charge < -0.3 is 10.3 Å². The maximum absolute atomic E-state index is 11.9. The molecule has 0 fully saturated rings. The summed E-state index contributed by atoms with van der Waals surface area (Å²) in [6, 6.07) is 0. The zero-order chi connectivity index (χ0) is 14.7. The number of nitrogens with zero attached hydrogens (tertiary/aromatic N) is 3. The third-order valence-electron chi connectivity index (χ3n) is 2.87. The van der Waals surface area contributed by atoms with Crippen molar-refractivity contribution in [2.75, 3.05) is 0 Å². The second-order valence-electron chi connectivity index (χ2n) is 4.45. The third kappa shape index (κ3) is 3.27. The number of aryl methyl sites for hydroxylation is 3. The predicted molar refractivity (Wildman–Crippen MR) is 74.5 cm³/mol.